The Morgan fingerprint density at radius 2 is 1.77 bits per heavy atom. The minimum Gasteiger partial charge on any atom is -0.491 e. The number of aryl methyl sites for hydroxylation is 1. The highest BCUT2D eigenvalue weighted by atomic mass is 19.2. The number of hydrogen-bond donors (Lipinski definition) is 0. The second-order valence-corrected chi connectivity index (χ2v) is 9.01. The molecule has 4 heteroatoms. The predicted molar refractivity (Wildman–Crippen MR) is 118 cm³/mol. The van der Waals surface area contributed by atoms with Crippen LogP contribution in [0.4, 0.5) is 8.78 Å². The van der Waals surface area contributed by atoms with Gasteiger partial charge in [0.15, 0.2) is 11.6 Å². The van der Waals surface area contributed by atoms with Crippen LogP contribution in [-0.2, 0) is 11.2 Å². The summed E-state index contributed by atoms with van der Waals surface area (Å²) < 4.78 is 39.3. The third kappa shape index (κ3) is 6.29. The van der Waals surface area contributed by atoms with Gasteiger partial charge in [0.2, 0.25) is 5.82 Å². The molecular weight excluding hydrogens is 382 g/mol. The van der Waals surface area contributed by atoms with E-state index in [1.54, 1.807) is 13.0 Å². The van der Waals surface area contributed by atoms with E-state index in [9.17, 15) is 8.78 Å². The van der Waals surface area contributed by atoms with E-state index in [1.165, 1.54) is 57.4 Å². The molecule has 168 valence electrons. The summed E-state index contributed by atoms with van der Waals surface area (Å²) in [4.78, 5) is 0. The van der Waals surface area contributed by atoms with Crippen molar-refractivity contribution >= 4 is 0 Å². The highest BCUT2D eigenvalue weighted by Gasteiger charge is 2.30. The van der Waals surface area contributed by atoms with E-state index in [0.717, 1.165) is 24.9 Å². The van der Waals surface area contributed by atoms with Crippen LogP contribution >= 0.6 is 0 Å². The molecule has 1 aliphatic carbocycles. The van der Waals surface area contributed by atoms with Crippen molar-refractivity contribution in [3.8, 4) is 5.75 Å². The molecular formula is C26H38F2O2. The topological polar surface area (TPSA) is 18.5 Å². The number of hydrogen-bond acceptors (Lipinski definition) is 2. The molecule has 2 nitrogen and oxygen atoms in total. The summed E-state index contributed by atoms with van der Waals surface area (Å²) in [6.45, 7) is 5.28. The molecule has 0 bridgehead atoms. The monoisotopic (exact) mass is 420 g/mol. The Kier molecular flexibility index (Phi) is 9.17. The van der Waals surface area contributed by atoms with Crippen molar-refractivity contribution in [3.05, 3.63) is 41.5 Å². The summed E-state index contributed by atoms with van der Waals surface area (Å²) in [5.41, 5.74) is 0.419. The largest absolute Gasteiger partial charge is 0.491 e. The molecule has 0 amide bonds. The van der Waals surface area contributed by atoms with Gasteiger partial charge in [0.05, 0.1) is 19.3 Å². The van der Waals surface area contributed by atoms with Gasteiger partial charge in [-0.2, -0.15) is 4.39 Å². The minimum atomic E-state index is -0.871. The van der Waals surface area contributed by atoms with E-state index in [4.69, 9.17) is 9.47 Å². The zero-order valence-corrected chi connectivity index (χ0v) is 18.7. The maximum absolute atomic E-state index is 14.2. The quantitative estimate of drug-likeness (QED) is 0.392. The Balaban J connectivity index is 1.38. The molecule has 2 fully saturated rings. The normalized spacial score (nSPS) is 27.5. The van der Waals surface area contributed by atoms with E-state index in [0.29, 0.717) is 30.6 Å². The number of ether oxygens (including phenoxy) is 2. The first-order valence-corrected chi connectivity index (χ1v) is 12.0. The molecule has 1 aromatic carbocycles. The molecule has 2 unspecified atom stereocenters. The Morgan fingerprint density at radius 3 is 2.43 bits per heavy atom. The summed E-state index contributed by atoms with van der Waals surface area (Å²) >= 11 is 0. The Morgan fingerprint density at radius 1 is 1.00 bits per heavy atom. The van der Waals surface area contributed by atoms with E-state index >= 15 is 0 Å². The van der Waals surface area contributed by atoms with Crippen molar-refractivity contribution in [2.75, 3.05) is 13.2 Å². The summed E-state index contributed by atoms with van der Waals surface area (Å²) in [5.74, 6) is 0.546. The van der Waals surface area contributed by atoms with Gasteiger partial charge < -0.3 is 9.47 Å². The van der Waals surface area contributed by atoms with Gasteiger partial charge in [-0.05, 0) is 94.1 Å². The first kappa shape index (κ1) is 23.2. The SMILES string of the molecule is CCCC1CCC(C2CCC(/C=C/CCc3ccc(OCC)c(F)c3F)CC2)CO1. The first-order chi connectivity index (χ1) is 14.6. The van der Waals surface area contributed by atoms with Crippen LogP contribution in [0.15, 0.2) is 24.3 Å². The van der Waals surface area contributed by atoms with Crippen LogP contribution in [0.3, 0.4) is 0 Å². The van der Waals surface area contributed by atoms with E-state index in [-0.39, 0.29) is 5.75 Å². The maximum Gasteiger partial charge on any atom is 0.200 e. The Bertz CT molecular complexity index is 672. The van der Waals surface area contributed by atoms with Gasteiger partial charge in [0.25, 0.3) is 0 Å². The van der Waals surface area contributed by atoms with Crippen molar-refractivity contribution in [2.45, 2.75) is 84.2 Å². The van der Waals surface area contributed by atoms with Crippen molar-refractivity contribution in [3.63, 3.8) is 0 Å². The summed E-state index contributed by atoms with van der Waals surface area (Å²) in [6, 6.07) is 3.17. The Labute approximate surface area is 181 Å². The van der Waals surface area contributed by atoms with Crippen molar-refractivity contribution in [1.82, 2.24) is 0 Å². The van der Waals surface area contributed by atoms with Crippen LogP contribution in [0.2, 0.25) is 0 Å². The van der Waals surface area contributed by atoms with E-state index in [2.05, 4.69) is 19.1 Å². The number of rotatable bonds is 9. The molecule has 2 atom stereocenters. The molecule has 1 saturated heterocycles. The average molecular weight is 421 g/mol. The van der Waals surface area contributed by atoms with E-state index < -0.39 is 11.6 Å². The zero-order chi connectivity index (χ0) is 21.3. The fourth-order valence-corrected chi connectivity index (χ4v) is 5.12. The lowest BCUT2D eigenvalue weighted by atomic mass is 9.73. The lowest BCUT2D eigenvalue weighted by Crippen LogP contribution is -2.32. The predicted octanol–water partition coefficient (Wildman–Crippen LogP) is 7.25. The van der Waals surface area contributed by atoms with Gasteiger partial charge in [0.1, 0.15) is 0 Å². The third-order valence-corrected chi connectivity index (χ3v) is 6.91. The maximum atomic E-state index is 14.2. The zero-order valence-electron chi connectivity index (χ0n) is 18.7. The van der Waals surface area contributed by atoms with Gasteiger partial charge >= 0.3 is 0 Å². The molecule has 1 aliphatic heterocycles. The molecule has 1 aromatic rings. The summed E-state index contributed by atoms with van der Waals surface area (Å²) in [6.07, 6.45) is 16.2. The van der Waals surface area contributed by atoms with Crippen LogP contribution in [0.1, 0.15) is 77.2 Å². The Hall–Kier alpha value is -1.42. The second kappa shape index (κ2) is 11.8. The first-order valence-electron chi connectivity index (χ1n) is 12.0. The van der Waals surface area contributed by atoms with Crippen LogP contribution < -0.4 is 4.74 Å². The van der Waals surface area contributed by atoms with Crippen LogP contribution in [-0.4, -0.2) is 19.3 Å². The molecule has 3 rings (SSSR count). The standard InChI is InChI=1S/C26H38F2O2/c1-3-7-23-16-14-22(18-30-23)20-12-10-19(11-13-20)8-5-6-9-21-15-17-24(29-4-2)26(28)25(21)27/h5,8,15,17,19-20,22-23H,3-4,6-7,9-14,16,18H2,1-2H3/b8-5+. The smallest absolute Gasteiger partial charge is 0.200 e. The molecule has 0 radical (unpaired) electrons. The fourth-order valence-electron chi connectivity index (χ4n) is 5.12. The van der Waals surface area contributed by atoms with E-state index in [1.807, 2.05) is 0 Å². The van der Waals surface area contributed by atoms with Crippen molar-refractivity contribution in [2.24, 2.45) is 17.8 Å². The van der Waals surface area contributed by atoms with Crippen LogP contribution in [0.25, 0.3) is 0 Å². The second-order valence-electron chi connectivity index (χ2n) is 9.01. The van der Waals surface area contributed by atoms with Crippen LogP contribution in [0.5, 0.6) is 5.75 Å². The lowest BCUT2D eigenvalue weighted by molar-refractivity contribution is -0.0413. The average Bonchev–Trinajstić information content (AvgIpc) is 2.77. The molecule has 0 spiro atoms. The number of benzene rings is 1. The summed E-state index contributed by atoms with van der Waals surface area (Å²) in [5, 5.41) is 0. The number of halogens is 2. The lowest BCUT2D eigenvalue weighted by Gasteiger charge is -2.37. The molecule has 0 aromatic heterocycles. The van der Waals surface area contributed by atoms with Gasteiger partial charge in [-0.25, -0.2) is 4.39 Å². The molecule has 1 saturated carbocycles. The van der Waals surface area contributed by atoms with Gasteiger partial charge in [0, 0.05) is 0 Å². The van der Waals surface area contributed by atoms with Gasteiger partial charge in [-0.15, -0.1) is 0 Å². The highest BCUT2D eigenvalue weighted by molar-refractivity contribution is 5.31. The molecule has 1 heterocycles. The summed E-state index contributed by atoms with van der Waals surface area (Å²) in [7, 11) is 0. The molecule has 0 N–H and O–H groups in total. The van der Waals surface area contributed by atoms with Crippen LogP contribution in [0, 0.1) is 29.4 Å². The fraction of sp³-hybridized carbons (Fsp3) is 0.692. The molecule has 2 aliphatic rings. The van der Waals surface area contributed by atoms with Crippen molar-refractivity contribution < 1.29 is 18.3 Å². The van der Waals surface area contributed by atoms with Gasteiger partial charge in [-0.1, -0.05) is 31.6 Å². The molecule has 30 heavy (non-hydrogen) atoms. The highest BCUT2D eigenvalue weighted by Crippen LogP contribution is 2.38. The minimum absolute atomic E-state index is 0.00435. The third-order valence-electron chi connectivity index (χ3n) is 6.91. The van der Waals surface area contributed by atoms with Crippen molar-refractivity contribution in [1.29, 1.82) is 0 Å². The van der Waals surface area contributed by atoms with Gasteiger partial charge in [-0.3, -0.25) is 0 Å². The number of allylic oxidation sites excluding steroid dienone is 2.